The lowest BCUT2D eigenvalue weighted by Crippen LogP contribution is -2.45. The van der Waals surface area contributed by atoms with E-state index in [0.29, 0.717) is 24.5 Å². The van der Waals surface area contributed by atoms with Gasteiger partial charge in [-0.05, 0) is 43.2 Å². The van der Waals surface area contributed by atoms with E-state index in [2.05, 4.69) is 5.32 Å². The molecule has 1 atom stereocenters. The number of phenols is 1. The third kappa shape index (κ3) is 3.87. The van der Waals surface area contributed by atoms with Crippen molar-refractivity contribution in [2.45, 2.75) is 18.9 Å². The molecule has 1 aliphatic heterocycles. The molecule has 2 N–H and O–H groups in total. The van der Waals surface area contributed by atoms with Gasteiger partial charge in [0.15, 0.2) is 11.6 Å². The molecule has 1 aliphatic rings. The number of hydrogen-bond donors (Lipinski definition) is 2. The van der Waals surface area contributed by atoms with E-state index in [1.54, 1.807) is 11.0 Å². The summed E-state index contributed by atoms with van der Waals surface area (Å²) in [5.41, 5.74) is 0.644. The molecule has 138 valence electrons. The Hall–Kier alpha value is -2.83. The zero-order chi connectivity index (χ0) is 18.7. The Bertz CT molecular complexity index is 813. The van der Waals surface area contributed by atoms with Crippen molar-refractivity contribution in [1.29, 1.82) is 0 Å². The second kappa shape index (κ2) is 7.59. The van der Waals surface area contributed by atoms with Gasteiger partial charge in [0, 0.05) is 30.9 Å². The van der Waals surface area contributed by atoms with Gasteiger partial charge in [0.2, 0.25) is 0 Å². The van der Waals surface area contributed by atoms with Crippen LogP contribution in [0.15, 0.2) is 36.4 Å². The zero-order valence-electron chi connectivity index (χ0n) is 14.3. The van der Waals surface area contributed by atoms with E-state index in [0.717, 1.165) is 25.0 Å². The summed E-state index contributed by atoms with van der Waals surface area (Å²) < 4.78 is 31.5. The van der Waals surface area contributed by atoms with Crippen LogP contribution in [0.5, 0.6) is 11.5 Å². The summed E-state index contributed by atoms with van der Waals surface area (Å²) in [5.74, 6) is -1.73. The second-order valence-corrected chi connectivity index (χ2v) is 6.25. The fourth-order valence-corrected chi connectivity index (χ4v) is 3.08. The predicted molar refractivity (Wildman–Crippen MR) is 93.6 cm³/mol. The SMILES string of the molecule is COc1ccc(O)c(C(=O)N2CCCC(Nc3ccc(F)c(F)c3)C2)c1. The van der Waals surface area contributed by atoms with Gasteiger partial charge in [-0.1, -0.05) is 0 Å². The van der Waals surface area contributed by atoms with Crippen LogP contribution in [0.1, 0.15) is 23.2 Å². The molecule has 26 heavy (non-hydrogen) atoms. The molecule has 1 heterocycles. The fraction of sp³-hybridized carbons (Fsp3) is 0.316. The predicted octanol–water partition coefficient (Wildman–Crippen LogP) is 3.40. The highest BCUT2D eigenvalue weighted by molar-refractivity contribution is 5.97. The number of rotatable bonds is 4. The Morgan fingerprint density at radius 3 is 2.77 bits per heavy atom. The van der Waals surface area contributed by atoms with Crippen LogP contribution in [-0.4, -0.2) is 42.2 Å². The number of halogens is 2. The first-order valence-electron chi connectivity index (χ1n) is 8.36. The van der Waals surface area contributed by atoms with Crippen LogP contribution in [0.2, 0.25) is 0 Å². The van der Waals surface area contributed by atoms with E-state index in [1.165, 1.54) is 25.3 Å². The molecular formula is C19H20F2N2O3. The van der Waals surface area contributed by atoms with Crippen molar-refractivity contribution in [3.05, 3.63) is 53.6 Å². The Morgan fingerprint density at radius 1 is 1.23 bits per heavy atom. The van der Waals surface area contributed by atoms with E-state index in [-0.39, 0.29) is 23.3 Å². The maximum absolute atomic E-state index is 13.4. The number of likely N-dealkylation sites (tertiary alicyclic amines) is 1. The van der Waals surface area contributed by atoms with Gasteiger partial charge in [-0.3, -0.25) is 4.79 Å². The number of ether oxygens (including phenoxy) is 1. The number of nitrogens with zero attached hydrogens (tertiary/aromatic N) is 1. The Kier molecular flexibility index (Phi) is 5.25. The number of hydrogen-bond acceptors (Lipinski definition) is 4. The number of anilines is 1. The van der Waals surface area contributed by atoms with Crippen molar-refractivity contribution < 1.29 is 23.4 Å². The van der Waals surface area contributed by atoms with Crippen LogP contribution in [0.4, 0.5) is 14.5 Å². The van der Waals surface area contributed by atoms with E-state index < -0.39 is 11.6 Å². The fourth-order valence-electron chi connectivity index (χ4n) is 3.08. The Labute approximate surface area is 150 Å². The van der Waals surface area contributed by atoms with Crippen molar-refractivity contribution >= 4 is 11.6 Å². The molecule has 2 aromatic rings. The van der Waals surface area contributed by atoms with Crippen molar-refractivity contribution in [2.24, 2.45) is 0 Å². The van der Waals surface area contributed by atoms with Gasteiger partial charge in [-0.15, -0.1) is 0 Å². The maximum Gasteiger partial charge on any atom is 0.257 e. The molecule has 7 heteroatoms. The van der Waals surface area contributed by atoms with Crippen LogP contribution in [-0.2, 0) is 0 Å². The molecule has 0 aliphatic carbocycles. The molecule has 2 aromatic carbocycles. The number of methoxy groups -OCH3 is 1. The molecule has 1 fully saturated rings. The summed E-state index contributed by atoms with van der Waals surface area (Å²) in [6.07, 6.45) is 1.56. The molecular weight excluding hydrogens is 342 g/mol. The molecule has 0 spiro atoms. The molecule has 5 nitrogen and oxygen atoms in total. The minimum absolute atomic E-state index is 0.0923. The van der Waals surface area contributed by atoms with Crippen LogP contribution < -0.4 is 10.1 Å². The van der Waals surface area contributed by atoms with Gasteiger partial charge < -0.3 is 20.1 Å². The average molecular weight is 362 g/mol. The van der Waals surface area contributed by atoms with Crippen molar-refractivity contribution in [3.8, 4) is 11.5 Å². The van der Waals surface area contributed by atoms with Gasteiger partial charge >= 0.3 is 0 Å². The number of phenolic OH excluding ortho intramolecular Hbond substituents is 1. The topological polar surface area (TPSA) is 61.8 Å². The van der Waals surface area contributed by atoms with Crippen LogP contribution in [0, 0.1) is 11.6 Å². The average Bonchev–Trinajstić information content (AvgIpc) is 2.65. The summed E-state index contributed by atoms with van der Waals surface area (Å²) in [4.78, 5) is 14.4. The highest BCUT2D eigenvalue weighted by atomic mass is 19.2. The van der Waals surface area contributed by atoms with E-state index >= 15 is 0 Å². The van der Waals surface area contributed by atoms with Crippen molar-refractivity contribution in [3.63, 3.8) is 0 Å². The molecule has 0 aromatic heterocycles. The number of carbonyl (C=O) groups is 1. The quantitative estimate of drug-likeness (QED) is 0.875. The summed E-state index contributed by atoms with van der Waals surface area (Å²) in [6, 6.07) is 8.05. The van der Waals surface area contributed by atoms with Crippen LogP contribution in [0.3, 0.4) is 0 Å². The van der Waals surface area contributed by atoms with Gasteiger partial charge in [-0.2, -0.15) is 0 Å². The van der Waals surface area contributed by atoms with Gasteiger partial charge in [0.25, 0.3) is 5.91 Å². The molecule has 1 amide bonds. The second-order valence-electron chi connectivity index (χ2n) is 6.25. The molecule has 1 saturated heterocycles. The summed E-state index contributed by atoms with van der Waals surface area (Å²) in [6.45, 7) is 0.958. The van der Waals surface area contributed by atoms with Crippen LogP contribution in [0.25, 0.3) is 0 Å². The molecule has 1 unspecified atom stereocenters. The summed E-state index contributed by atoms with van der Waals surface area (Å²) in [7, 11) is 1.49. The zero-order valence-corrected chi connectivity index (χ0v) is 14.3. The lowest BCUT2D eigenvalue weighted by atomic mass is 10.0. The Balaban J connectivity index is 1.71. The first kappa shape index (κ1) is 18.0. The smallest absolute Gasteiger partial charge is 0.257 e. The third-order valence-electron chi connectivity index (χ3n) is 4.43. The van der Waals surface area contributed by atoms with Crippen LogP contribution >= 0.6 is 0 Å². The maximum atomic E-state index is 13.4. The summed E-state index contributed by atoms with van der Waals surface area (Å²) in [5, 5.41) is 13.1. The Morgan fingerprint density at radius 2 is 2.04 bits per heavy atom. The van der Waals surface area contributed by atoms with Crippen molar-refractivity contribution in [1.82, 2.24) is 4.90 Å². The number of aromatic hydroxyl groups is 1. The first-order chi connectivity index (χ1) is 12.5. The molecule has 0 bridgehead atoms. The van der Waals surface area contributed by atoms with E-state index in [4.69, 9.17) is 4.74 Å². The van der Waals surface area contributed by atoms with E-state index in [1.807, 2.05) is 0 Å². The number of amides is 1. The molecule has 3 rings (SSSR count). The normalized spacial score (nSPS) is 17.0. The standard InChI is InChI=1S/C19H20F2N2O3/c1-26-14-5-7-18(24)15(10-14)19(25)23-8-2-3-13(11-23)22-12-4-6-16(20)17(21)9-12/h4-7,9-10,13,22,24H,2-3,8,11H2,1H3. The molecule has 0 radical (unpaired) electrons. The van der Waals surface area contributed by atoms with E-state index in [9.17, 15) is 18.7 Å². The number of nitrogens with one attached hydrogen (secondary N) is 1. The minimum atomic E-state index is -0.917. The number of benzene rings is 2. The number of piperidine rings is 1. The number of carbonyl (C=O) groups excluding carboxylic acids is 1. The monoisotopic (exact) mass is 362 g/mol. The third-order valence-corrected chi connectivity index (χ3v) is 4.43. The largest absolute Gasteiger partial charge is 0.507 e. The molecule has 0 saturated carbocycles. The highest BCUT2D eigenvalue weighted by Gasteiger charge is 2.26. The summed E-state index contributed by atoms with van der Waals surface area (Å²) >= 11 is 0. The lowest BCUT2D eigenvalue weighted by molar-refractivity contribution is 0.0711. The van der Waals surface area contributed by atoms with Gasteiger partial charge in [0.1, 0.15) is 11.5 Å². The highest BCUT2D eigenvalue weighted by Crippen LogP contribution is 2.26. The van der Waals surface area contributed by atoms with Crippen molar-refractivity contribution in [2.75, 3.05) is 25.5 Å². The lowest BCUT2D eigenvalue weighted by Gasteiger charge is -2.34. The first-order valence-corrected chi connectivity index (χ1v) is 8.36. The van der Waals surface area contributed by atoms with Gasteiger partial charge in [0.05, 0.1) is 12.7 Å². The minimum Gasteiger partial charge on any atom is -0.507 e. The van der Waals surface area contributed by atoms with Gasteiger partial charge in [-0.25, -0.2) is 8.78 Å².